The number of carbonyl (C=O) groups excluding carboxylic acids is 1. The quantitative estimate of drug-likeness (QED) is 0.605. The lowest BCUT2D eigenvalue weighted by Gasteiger charge is -2.26. The lowest BCUT2D eigenvalue weighted by Crippen LogP contribution is -2.41. The normalized spacial score (nSPS) is 15.4. The average molecular weight is 351 g/mol. The molecule has 7 heteroatoms. The zero-order valence-electron chi connectivity index (χ0n) is 14.4. The van der Waals surface area contributed by atoms with E-state index in [-0.39, 0.29) is 11.5 Å². The summed E-state index contributed by atoms with van der Waals surface area (Å²) < 4.78 is 5.29. The molecule has 1 saturated heterocycles. The highest BCUT2D eigenvalue weighted by Crippen LogP contribution is 2.20. The largest absolute Gasteiger partial charge is 0.379 e. The molecule has 1 aromatic carbocycles. The van der Waals surface area contributed by atoms with Gasteiger partial charge in [0.15, 0.2) is 0 Å². The minimum Gasteiger partial charge on any atom is -0.379 e. The smallest absolute Gasteiger partial charge is 0.263 e. The number of morpholine rings is 1. The Morgan fingerprint density at radius 1 is 1.31 bits per heavy atom. The average Bonchev–Trinajstić information content (AvgIpc) is 2.69. The maximum absolute atomic E-state index is 12.2. The molecule has 7 nitrogen and oxygen atoms in total. The molecule has 0 unspecified atom stereocenters. The van der Waals surface area contributed by atoms with Crippen molar-refractivity contribution in [3.8, 4) is 6.07 Å². The zero-order valence-corrected chi connectivity index (χ0v) is 14.4. The van der Waals surface area contributed by atoms with Crippen LogP contribution in [0.3, 0.4) is 0 Å². The van der Waals surface area contributed by atoms with Gasteiger partial charge in [0, 0.05) is 44.0 Å². The third kappa shape index (κ3) is 4.57. The number of fused-ring (bicyclic) bond motifs is 1. The molecule has 2 heterocycles. The maximum atomic E-state index is 12.2. The van der Waals surface area contributed by atoms with E-state index >= 15 is 0 Å². The Morgan fingerprint density at radius 2 is 2.12 bits per heavy atom. The van der Waals surface area contributed by atoms with Gasteiger partial charge in [-0.25, -0.2) is 0 Å². The number of nitrogens with zero attached hydrogens (tertiary/aromatic N) is 3. The van der Waals surface area contributed by atoms with E-state index < -0.39 is 0 Å². The Labute approximate surface area is 152 Å². The Kier molecular flexibility index (Phi) is 6.14. The molecule has 1 aliphatic heterocycles. The summed E-state index contributed by atoms with van der Waals surface area (Å²) in [6, 6.07) is 11.5. The molecule has 1 aliphatic rings. The second-order valence-corrected chi connectivity index (χ2v) is 5.90. The number of nitrogens with one attached hydrogen (secondary N) is 2. The number of anilines is 1. The van der Waals surface area contributed by atoms with Crippen molar-refractivity contribution < 1.29 is 9.53 Å². The van der Waals surface area contributed by atoms with Crippen molar-refractivity contribution in [1.82, 2.24) is 15.2 Å². The Hall–Kier alpha value is -2.95. The van der Waals surface area contributed by atoms with Gasteiger partial charge in [-0.2, -0.15) is 5.26 Å². The zero-order chi connectivity index (χ0) is 18.2. The van der Waals surface area contributed by atoms with E-state index in [1.54, 1.807) is 6.20 Å². The van der Waals surface area contributed by atoms with Crippen molar-refractivity contribution in [2.45, 2.75) is 0 Å². The number of benzene rings is 1. The fourth-order valence-corrected chi connectivity index (χ4v) is 2.77. The topological polar surface area (TPSA) is 90.3 Å². The second kappa shape index (κ2) is 8.94. The molecular formula is C19H21N5O2. The maximum Gasteiger partial charge on any atom is 0.263 e. The van der Waals surface area contributed by atoms with Gasteiger partial charge < -0.3 is 15.4 Å². The predicted molar refractivity (Wildman–Crippen MR) is 99.3 cm³/mol. The van der Waals surface area contributed by atoms with Crippen molar-refractivity contribution in [2.75, 3.05) is 44.7 Å². The van der Waals surface area contributed by atoms with Gasteiger partial charge in [-0.05, 0) is 12.1 Å². The molecular weight excluding hydrogens is 330 g/mol. The van der Waals surface area contributed by atoms with E-state index in [0.29, 0.717) is 6.54 Å². The van der Waals surface area contributed by atoms with E-state index in [9.17, 15) is 10.1 Å². The summed E-state index contributed by atoms with van der Waals surface area (Å²) in [6.07, 6.45) is 3.13. The van der Waals surface area contributed by atoms with Crippen molar-refractivity contribution in [2.24, 2.45) is 0 Å². The third-order valence-corrected chi connectivity index (χ3v) is 4.19. The van der Waals surface area contributed by atoms with E-state index in [2.05, 4.69) is 20.5 Å². The molecule has 0 bridgehead atoms. The first-order valence-electron chi connectivity index (χ1n) is 8.57. The number of ether oxygens (including phenoxy) is 1. The first-order chi connectivity index (χ1) is 12.8. The van der Waals surface area contributed by atoms with E-state index in [1.165, 1.54) is 6.20 Å². The number of pyridine rings is 1. The molecule has 3 rings (SSSR count). The number of hydrogen-bond donors (Lipinski definition) is 2. The van der Waals surface area contributed by atoms with Gasteiger partial charge in [0.05, 0.1) is 24.4 Å². The number of hydrogen-bond acceptors (Lipinski definition) is 6. The summed E-state index contributed by atoms with van der Waals surface area (Å²) in [5.41, 5.74) is 1.56. The van der Waals surface area contributed by atoms with Gasteiger partial charge >= 0.3 is 0 Å². The standard InChI is InChI=1S/C19H21N5O2/c20-13-16(19(25)22-7-8-24-9-11-26-12-10-24)14-23-17-5-1-3-15-4-2-6-21-18(15)17/h1-6,14,23H,7-12H2,(H,22,25)/b16-14-. The molecule has 1 amide bonds. The summed E-state index contributed by atoms with van der Waals surface area (Å²) >= 11 is 0. The van der Waals surface area contributed by atoms with Gasteiger partial charge in [-0.1, -0.05) is 18.2 Å². The van der Waals surface area contributed by atoms with Crippen LogP contribution in [0.1, 0.15) is 0 Å². The van der Waals surface area contributed by atoms with Gasteiger partial charge in [-0.3, -0.25) is 14.7 Å². The van der Waals surface area contributed by atoms with Crippen molar-refractivity contribution >= 4 is 22.5 Å². The number of rotatable bonds is 6. The Morgan fingerprint density at radius 3 is 2.92 bits per heavy atom. The van der Waals surface area contributed by atoms with Crippen LogP contribution in [0.2, 0.25) is 0 Å². The molecule has 1 fully saturated rings. The minimum absolute atomic E-state index is 0.0277. The fourth-order valence-electron chi connectivity index (χ4n) is 2.77. The number of amides is 1. The first-order valence-corrected chi connectivity index (χ1v) is 8.57. The molecule has 134 valence electrons. The van der Waals surface area contributed by atoms with Crippen LogP contribution in [-0.4, -0.2) is 55.2 Å². The molecule has 0 saturated carbocycles. The molecule has 2 aromatic rings. The van der Waals surface area contributed by atoms with Crippen LogP contribution in [0.15, 0.2) is 48.3 Å². The second-order valence-electron chi connectivity index (χ2n) is 5.90. The number of carbonyl (C=O) groups is 1. The summed E-state index contributed by atoms with van der Waals surface area (Å²) in [5, 5.41) is 16.1. The SMILES string of the molecule is N#C/C(=C/Nc1cccc2cccnc12)C(=O)NCCN1CCOCC1. The molecule has 2 N–H and O–H groups in total. The van der Waals surface area contributed by atoms with E-state index in [0.717, 1.165) is 49.4 Å². The van der Waals surface area contributed by atoms with Crippen LogP contribution >= 0.6 is 0 Å². The number of nitriles is 1. The third-order valence-electron chi connectivity index (χ3n) is 4.19. The molecule has 1 aromatic heterocycles. The highest BCUT2D eigenvalue weighted by molar-refractivity contribution is 5.98. The molecule has 26 heavy (non-hydrogen) atoms. The van der Waals surface area contributed by atoms with Gasteiger partial charge in [-0.15, -0.1) is 0 Å². The number of aromatic nitrogens is 1. The summed E-state index contributed by atoms with van der Waals surface area (Å²) in [7, 11) is 0. The predicted octanol–water partition coefficient (Wildman–Crippen LogP) is 1.50. The van der Waals surface area contributed by atoms with Crippen molar-refractivity contribution in [1.29, 1.82) is 5.26 Å². The molecule has 0 atom stereocenters. The van der Waals surface area contributed by atoms with Crippen LogP contribution in [0.4, 0.5) is 5.69 Å². The number of para-hydroxylation sites is 1. The van der Waals surface area contributed by atoms with E-state index in [4.69, 9.17) is 4.74 Å². The fraction of sp³-hybridized carbons (Fsp3) is 0.316. The van der Waals surface area contributed by atoms with Crippen LogP contribution in [-0.2, 0) is 9.53 Å². The first kappa shape index (κ1) is 17.9. The van der Waals surface area contributed by atoms with Crippen LogP contribution in [0.25, 0.3) is 10.9 Å². The highest BCUT2D eigenvalue weighted by atomic mass is 16.5. The lowest BCUT2D eigenvalue weighted by molar-refractivity contribution is -0.117. The molecule has 0 spiro atoms. The Bertz CT molecular complexity index is 832. The Balaban J connectivity index is 1.58. The van der Waals surface area contributed by atoms with Gasteiger partial charge in [0.1, 0.15) is 11.6 Å². The monoisotopic (exact) mass is 351 g/mol. The lowest BCUT2D eigenvalue weighted by atomic mass is 10.2. The van der Waals surface area contributed by atoms with Crippen LogP contribution in [0.5, 0.6) is 0 Å². The molecule has 0 radical (unpaired) electrons. The van der Waals surface area contributed by atoms with Gasteiger partial charge in [0.2, 0.25) is 0 Å². The highest BCUT2D eigenvalue weighted by Gasteiger charge is 2.12. The van der Waals surface area contributed by atoms with Crippen LogP contribution in [0, 0.1) is 11.3 Å². The van der Waals surface area contributed by atoms with Crippen LogP contribution < -0.4 is 10.6 Å². The molecule has 0 aliphatic carbocycles. The summed E-state index contributed by atoms with van der Waals surface area (Å²) in [6.45, 7) is 4.42. The van der Waals surface area contributed by atoms with Crippen molar-refractivity contribution in [3.63, 3.8) is 0 Å². The van der Waals surface area contributed by atoms with Crippen molar-refractivity contribution in [3.05, 3.63) is 48.3 Å². The summed E-state index contributed by atoms with van der Waals surface area (Å²) in [5.74, 6) is -0.388. The van der Waals surface area contributed by atoms with Gasteiger partial charge in [0.25, 0.3) is 5.91 Å². The van der Waals surface area contributed by atoms with E-state index in [1.807, 2.05) is 36.4 Å². The summed E-state index contributed by atoms with van der Waals surface area (Å²) in [4.78, 5) is 18.8. The minimum atomic E-state index is -0.388.